The summed E-state index contributed by atoms with van der Waals surface area (Å²) in [5.41, 5.74) is 0.725. The molecule has 1 aromatic heterocycles. The van der Waals surface area contributed by atoms with Crippen molar-refractivity contribution < 1.29 is 33.5 Å². The number of hydrogen-bond acceptors (Lipinski definition) is 9. The molecule has 0 fully saturated rings. The van der Waals surface area contributed by atoms with Crippen LogP contribution in [-0.4, -0.2) is 63.3 Å². The van der Waals surface area contributed by atoms with Crippen molar-refractivity contribution in [2.75, 3.05) is 13.6 Å². The van der Waals surface area contributed by atoms with Crippen LogP contribution in [0.25, 0.3) is 11.4 Å². The van der Waals surface area contributed by atoms with Crippen molar-refractivity contribution in [3.8, 4) is 17.1 Å². The van der Waals surface area contributed by atoms with Crippen LogP contribution in [0.15, 0.2) is 70.4 Å². The molecule has 2 aromatic carbocycles. The van der Waals surface area contributed by atoms with Gasteiger partial charge in [0.1, 0.15) is 17.6 Å². The van der Waals surface area contributed by atoms with E-state index < -0.39 is 28.2 Å². The van der Waals surface area contributed by atoms with Crippen LogP contribution < -0.4 is 9.22 Å². The summed E-state index contributed by atoms with van der Waals surface area (Å²) in [6.45, 7) is 7.19. The first kappa shape index (κ1) is 28.2. The molecule has 1 N–H and O–H groups in total. The Kier molecular flexibility index (Phi) is 7.82. The Labute approximate surface area is 230 Å². The maximum atomic E-state index is 12.7. The minimum atomic E-state index is -1.17. The Balaban J connectivity index is 1.44. The molecular weight excluding hydrogens is 518 g/mol. The molecule has 2 heterocycles. The Morgan fingerprint density at radius 1 is 1.05 bits per heavy atom. The van der Waals surface area contributed by atoms with E-state index in [-0.39, 0.29) is 18.7 Å². The van der Waals surface area contributed by atoms with Crippen LogP contribution in [0, 0.1) is 6.92 Å². The highest BCUT2D eigenvalue weighted by Gasteiger charge is 2.46. The van der Waals surface area contributed by atoms with Crippen molar-refractivity contribution >= 4 is 29.7 Å². The average molecular weight is 549 g/mol. The minimum absolute atomic E-state index is 0.186. The van der Waals surface area contributed by atoms with Gasteiger partial charge in [0.2, 0.25) is 17.6 Å². The molecule has 1 unspecified atom stereocenters. The molecule has 3 aromatic rings. The number of rotatable bonds is 7. The normalized spacial score (nSPS) is 16.4. The number of hydrogen-bond donors (Lipinski definition) is 1. The lowest BCUT2D eigenvalue weighted by Crippen LogP contribution is -2.52. The first-order valence-electron chi connectivity index (χ1n) is 12.4. The quantitative estimate of drug-likeness (QED) is 0.233. The van der Waals surface area contributed by atoms with E-state index in [1.165, 1.54) is 29.4 Å². The van der Waals surface area contributed by atoms with Crippen molar-refractivity contribution in [3.63, 3.8) is 0 Å². The fourth-order valence-electron chi connectivity index (χ4n) is 3.94. The number of ether oxygens (including phenoxy) is 2. The molecule has 0 aliphatic carbocycles. The fraction of sp³-hybridized carbons (Fsp3) is 0.286. The van der Waals surface area contributed by atoms with Crippen LogP contribution >= 0.6 is 0 Å². The molecule has 208 valence electrons. The Morgan fingerprint density at radius 3 is 2.30 bits per heavy atom. The van der Waals surface area contributed by atoms with Crippen molar-refractivity contribution in [2.24, 2.45) is 4.99 Å². The van der Waals surface area contributed by atoms with Gasteiger partial charge < -0.3 is 24.0 Å². The van der Waals surface area contributed by atoms with E-state index in [0.29, 0.717) is 34.4 Å². The van der Waals surface area contributed by atoms with E-state index in [9.17, 15) is 19.5 Å². The lowest BCUT2D eigenvalue weighted by atomic mass is 10.1. The summed E-state index contributed by atoms with van der Waals surface area (Å²) in [5, 5.41) is 14.1. The molecule has 0 radical (unpaired) electrons. The first-order chi connectivity index (χ1) is 18.9. The molecule has 12 nitrogen and oxygen atoms in total. The van der Waals surface area contributed by atoms with Gasteiger partial charge in [-0.2, -0.15) is 9.78 Å². The van der Waals surface area contributed by atoms with Gasteiger partial charge in [-0.3, -0.25) is 0 Å². The number of benzene rings is 2. The van der Waals surface area contributed by atoms with E-state index in [1.54, 1.807) is 71.1 Å². The number of amides is 2. The van der Waals surface area contributed by atoms with Gasteiger partial charge in [0.15, 0.2) is 5.69 Å². The number of aromatic nitrogens is 2. The number of nitrogens with zero attached hydrogens (tertiary/aromatic N) is 5. The lowest BCUT2D eigenvalue weighted by Gasteiger charge is -2.28. The van der Waals surface area contributed by atoms with Crippen molar-refractivity contribution in [2.45, 2.75) is 39.7 Å². The van der Waals surface area contributed by atoms with Crippen LogP contribution in [0.3, 0.4) is 0 Å². The maximum absolute atomic E-state index is 12.7. The van der Waals surface area contributed by atoms with Crippen molar-refractivity contribution in [3.05, 3.63) is 72.4 Å². The Hall–Kier alpha value is -4.84. The molecule has 1 aliphatic rings. The molecular formula is C28H30N5O7+. The first-order valence-corrected chi connectivity index (χ1v) is 12.4. The lowest BCUT2D eigenvalue weighted by molar-refractivity contribution is 0.0302. The highest BCUT2D eigenvalue weighted by atomic mass is 16.6. The van der Waals surface area contributed by atoms with E-state index in [2.05, 4.69) is 15.1 Å². The van der Waals surface area contributed by atoms with Gasteiger partial charge in [-0.15, -0.1) is 4.48 Å². The van der Waals surface area contributed by atoms with Gasteiger partial charge in [0.05, 0.1) is 18.2 Å². The molecule has 0 spiro atoms. The highest BCUT2D eigenvalue weighted by Crippen LogP contribution is 2.32. The molecule has 12 heteroatoms. The van der Waals surface area contributed by atoms with Crippen LogP contribution in [-0.2, 0) is 4.74 Å². The summed E-state index contributed by atoms with van der Waals surface area (Å²) in [7, 11) is 1.58. The largest absolute Gasteiger partial charge is 0.529 e. The zero-order chi connectivity index (χ0) is 29.1. The zero-order valence-electron chi connectivity index (χ0n) is 22.8. The van der Waals surface area contributed by atoms with E-state index in [0.717, 1.165) is 0 Å². The van der Waals surface area contributed by atoms with Gasteiger partial charge in [0.25, 0.3) is 0 Å². The number of quaternary nitrogens is 1. The number of amidine groups is 1. The zero-order valence-corrected chi connectivity index (χ0v) is 22.8. The van der Waals surface area contributed by atoms with Crippen molar-refractivity contribution in [1.29, 1.82) is 0 Å². The van der Waals surface area contributed by atoms with Crippen LogP contribution in [0.5, 0.6) is 5.75 Å². The number of esters is 1. The topological polar surface area (TPSA) is 144 Å². The van der Waals surface area contributed by atoms with E-state index >= 15 is 0 Å². The summed E-state index contributed by atoms with van der Waals surface area (Å²) in [6.07, 6.45) is 1.36. The molecule has 1 atom stereocenters. The van der Waals surface area contributed by atoms with E-state index in [1.807, 2.05) is 0 Å². The summed E-state index contributed by atoms with van der Waals surface area (Å²) in [5.74, 6) is 0.814. The number of carbonyl (C=O) groups is 3. The number of carboxylic acid groups (broad SMARTS) is 1. The molecule has 40 heavy (non-hydrogen) atoms. The van der Waals surface area contributed by atoms with Crippen molar-refractivity contribution in [1.82, 2.24) is 19.5 Å². The van der Waals surface area contributed by atoms with Crippen LogP contribution in [0.2, 0.25) is 0 Å². The molecule has 2 amide bonds. The predicted molar refractivity (Wildman–Crippen MR) is 146 cm³/mol. The summed E-state index contributed by atoms with van der Waals surface area (Å²) < 4.78 is 15.1. The third-order valence-corrected chi connectivity index (χ3v) is 5.96. The van der Waals surface area contributed by atoms with Gasteiger partial charge in [-0.25, -0.2) is 14.6 Å². The third-order valence-electron chi connectivity index (χ3n) is 5.96. The second kappa shape index (κ2) is 11.1. The fourth-order valence-corrected chi connectivity index (χ4v) is 3.94. The second-order valence-electron chi connectivity index (χ2n) is 10.1. The minimum Gasteiger partial charge on any atom is -0.444 e. The van der Waals surface area contributed by atoms with Gasteiger partial charge in [-0.05, 0) is 45.0 Å². The summed E-state index contributed by atoms with van der Waals surface area (Å²) in [4.78, 5) is 47.3. The highest BCUT2D eigenvalue weighted by molar-refractivity contribution is 6.11. The number of aryl methyl sites for hydroxylation is 1. The SMILES string of the molecule is Cc1nc(-c2ccc(C(=O)Oc3ccc([N+]4(C(=O)O)C=CN=C4CCN(C)C(=O)OC(C)(C)C)cc3)cc2)no1. The Morgan fingerprint density at radius 2 is 1.73 bits per heavy atom. The van der Waals surface area contributed by atoms with Gasteiger partial charge in [0, 0.05) is 38.2 Å². The average Bonchev–Trinajstić information content (AvgIpc) is 3.54. The third kappa shape index (κ3) is 6.07. The van der Waals surface area contributed by atoms with Gasteiger partial charge in [-0.1, -0.05) is 17.3 Å². The smallest absolute Gasteiger partial charge is 0.444 e. The number of carbonyl (C=O) groups excluding carboxylic acids is 2. The molecule has 0 bridgehead atoms. The standard InChI is InChI=1S/C28H29N5O7/c1-18-30-24(31-40-18)19-6-8-20(9-7-19)25(34)38-22-12-10-21(11-13-22)33(27(36)37)17-15-29-23(33)14-16-32(5)26(35)39-28(2,3)4/h6-13,15,17H,14,16H2,1-5H3/p+1. The van der Waals surface area contributed by atoms with Crippen LogP contribution in [0.1, 0.15) is 43.4 Å². The van der Waals surface area contributed by atoms with Crippen LogP contribution in [0.4, 0.5) is 15.3 Å². The molecule has 0 saturated heterocycles. The molecule has 0 saturated carbocycles. The van der Waals surface area contributed by atoms with E-state index in [4.69, 9.17) is 14.0 Å². The second-order valence-corrected chi connectivity index (χ2v) is 10.1. The number of aliphatic imine (C=N–C) groups is 1. The molecule has 4 rings (SSSR count). The summed E-state index contributed by atoms with van der Waals surface area (Å²) >= 11 is 0. The predicted octanol–water partition coefficient (Wildman–Crippen LogP) is 5.39. The Bertz CT molecular complexity index is 1470. The maximum Gasteiger partial charge on any atom is 0.529 e. The van der Waals surface area contributed by atoms with Gasteiger partial charge >= 0.3 is 18.2 Å². The summed E-state index contributed by atoms with van der Waals surface area (Å²) in [6, 6.07) is 12.7. The molecule has 1 aliphatic heterocycles. The monoisotopic (exact) mass is 548 g/mol.